The van der Waals surface area contributed by atoms with Gasteiger partial charge in [-0.2, -0.15) is 0 Å². The van der Waals surface area contributed by atoms with Crippen molar-refractivity contribution in [1.82, 2.24) is 0 Å². The zero-order valence-corrected chi connectivity index (χ0v) is 13.6. The number of rotatable bonds is 5. The van der Waals surface area contributed by atoms with Crippen LogP contribution in [0.25, 0.3) is 0 Å². The highest BCUT2D eigenvalue weighted by Crippen LogP contribution is 2.64. The molecular formula is C15H15Cl2NO4. The maximum absolute atomic E-state index is 12.0. The molecule has 1 aromatic carbocycles. The zero-order valence-electron chi connectivity index (χ0n) is 12.1. The first-order valence-corrected chi connectivity index (χ1v) is 7.37. The van der Waals surface area contributed by atoms with Crippen LogP contribution in [0.15, 0.2) is 24.3 Å². The summed E-state index contributed by atoms with van der Waals surface area (Å²) in [5.74, 6) is -1.13. The number of benzene rings is 1. The van der Waals surface area contributed by atoms with E-state index in [1.165, 1.54) is 6.92 Å². The highest BCUT2D eigenvalue weighted by molar-refractivity contribution is 6.53. The number of alkyl halides is 2. The molecule has 2 rings (SSSR count). The highest BCUT2D eigenvalue weighted by Gasteiger charge is 2.69. The first-order chi connectivity index (χ1) is 10.2. The molecule has 0 radical (unpaired) electrons. The Kier molecular flexibility index (Phi) is 4.49. The molecule has 1 aliphatic rings. The summed E-state index contributed by atoms with van der Waals surface area (Å²) in [7, 11) is 0. The summed E-state index contributed by atoms with van der Waals surface area (Å²) in [5.41, 5.74) is 0.0116. The van der Waals surface area contributed by atoms with E-state index in [2.05, 4.69) is 5.32 Å². The number of esters is 1. The van der Waals surface area contributed by atoms with E-state index in [-0.39, 0.29) is 18.3 Å². The van der Waals surface area contributed by atoms with Crippen LogP contribution >= 0.6 is 23.2 Å². The van der Waals surface area contributed by atoms with Crippen molar-refractivity contribution >= 4 is 46.5 Å². The molecule has 0 heterocycles. The molecule has 5 nitrogen and oxygen atoms in total. The van der Waals surface area contributed by atoms with Gasteiger partial charge in [-0.25, -0.2) is 0 Å². The van der Waals surface area contributed by atoms with E-state index < -0.39 is 15.7 Å². The Bertz CT molecular complexity index is 627. The highest BCUT2D eigenvalue weighted by atomic mass is 35.5. The van der Waals surface area contributed by atoms with Gasteiger partial charge >= 0.3 is 5.97 Å². The van der Waals surface area contributed by atoms with Crippen molar-refractivity contribution in [1.29, 1.82) is 0 Å². The molecular weight excluding hydrogens is 329 g/mol. The average molecular weight is 344 g/mol. The molecule has 1 aromatic rings. The number of carbonyl (C=O) groups is 3. The SMILES string of the molecule is CC(=O)Nc1ccc(C(=O)COC(=O)[C@]2(C)CC2(Cl)Cl)cc1. The number of nitrogens with one attached hydrogen (secondary N) is 1. The van der Waals surface area contributed by atoms with Gasteiger partial charge in [0, 0.05) is 24.6 Å². The minimum atomic E-state index is -1.12. The lowest BCUT2D eigenvalue weighted by atomic mass is 10.1. The van der Waals surface area contributed by atoms with Crippen LogP contribution in [0.5, 0.6) is 0 Å². The summed E-state index contributed by atoms with van der Waals surface area (Å²) in [6.45, 7) is 2.62. The minimum Gasteiger partial charge on any atom is -0.457 e. The van der Waals surface area contributed by atoms with Crippen LogP contribution in [0.1, 0.15) is 30.6 Å². The molecule has 0 aliphatic heterocycles. The van der Waals surface area contributed by atoms with Gasteiger partial charge in [0.15, 0.2) is 12.4 Å². The van der Waals surface area contributed by atoms with Crippen LogP contribution in [-0.2, 0) is 14.3 Å². The van der Waals surface area contributed by atoms with Crippen molar-refractivity contribution in [3.05, 3.63) is 29.8 Å². The van der Waals surface area contributed by atoms with E-state index in [4.69, 9.17) is 27.9 Å². The number of ether oxygens (including phenoxy) is 1. The van der Waals surface area contributed by atoms with E-state index in [0.29, 0.717) is 17.7 Å². The first-order valence-electron chi connectivity index (χ1n) is 6.62. The second-order valence-electron chi connectivity index (χ2n) is 5.47. The van der Waals surface area contributed by atoms with Crippen LogP contribution in [0.3, 0.4) is 0 Å². The molecule has 0 spiro atoms. The number of amides is 1. The number of Topliss-reactive ketones (excluding diaryl/α,β-unsaturated/α-hetero) is 1. The van der Waals surface area contributed by atoms with Crippen molar-refractivity contribution in [3.63, 3.8) is 0 Å². The molecule has 7 heteroatoms. The predicted octanol–water partition coefficient (Wildman–Crippen LogP) is 2.95. The molecule has 0 saturated heterocycles. The summed E-state index contributed by atoms with van der Waals surface area (Å²) in [4.78, 5) is 34.7. The fourth-order valence-electron chi connectivity index (χ4n) is 1.94. The van der Waals surface area contributed by atoms with Crippen molar-refractivity contribution in [2.45, 2.75) is 24.6 Å². The van der Waals surface area contributed by atoms with Gasteiger partial charge in [-0.05, 0) is 31.2 Å². The minimum absolute atomic E-state index is 0.198. The van der Waals surface area contributed by atoms with Crippen molar-refractivity contribution < 1.29 is 19.1 Å². The average Bonchev–Trinajstić information content (AvgIpc) is 2.96. The van der Waals surface area contributed by atoms with Crippen LogP contribution in [0.4, 0.5) is 5.69 Å². The molecule has 1 aliphatic carbocycles. The molecule has 1 N–H and O–H groups in total. The number of hydrogen-bond acceptors (Lipinski definition) is 4. The summed E-state index contributed by atoms with van der Waals surface area (Å²) in [6, 6.07) is 6.30. The lowest BCUT2D eigenvalue weighted by molar-refractivity contribution is -0.148. The van der Waals surface area contributed by atoms with E-state index >= 15 is 0 Å². The number of carbonyl (C=O) groups excluding carboxylic acids is 3. The summed E-state index contributed by atoms with van der Waals surface area (Å²) in [5, 5.41) is 2.59. The largest absolute Gasteiger partial charge is 0.457 e. The topological polar surface area (TPSA) is 72.5 Å². The van der Waals surface area contributed by atoms with Gasteiger partial charge in [0.1, 0.15) is 9.75 Å². The second-order valence-corrected chi connectivity index (χ2v) is 6.96. The normalized spacial score (nSPS) is 21.8. The van der Waals surface area contributed by atoms with E-state index in [1.807, 2.05) is 0 Å². The number of halogens is 2. The number of hydrogen-bond donors (Lipinski definition) is 1. The third kappa shape index (κ3) is 3.42. The molecule has 118 valence electrons. The van der Waals surface area contributed by atoms with Gasteiger partial charge in [0.25, 0.3) is 0 Å². The second kappa shape index (κ2) is 5.89. The molecule has 1 amide bonds. The quantitative estimate of drug-likeness (QED) is 0.506. The van der Waals surface area contributed by atoms with Gasteiger partial charge in [0.05, 0.1) is 0 Å². The monoisotopic (exact) mass is 343 g/mol. The number of ketones is 1. The van der Waals surface area contributed by atoms with Crippen LogP contribution in [-0.4, -0.2) is 28.6 Å². The fraction of sp³-hybridized carbons (Fsp3) is 0.400. The van der Waals surface area contributed by atoms with Crippen LogP contribution in [0, 0.1) is 5.41 Å². The van der Waals surface area contributed by atoms with Gasteiger partial charge in [0.2, 0.25) is 5.91 Å². The van der Waals surface area contributed by atoms with Crippen molar-refractivity contribution in [2.24, 2.45) is 5.41 Å². The zero-order chi connectivity index (χ0) is 16.5. The van der Waals surface area contributed by atoms with Crippen molar-refractivity contribution in [2.75, 3.05) is 11.9 Å². The standard InChI is InChI=1S/C15H15Cl2NO4/c1-9(19)18-11-5-3-10(4-6-11)12(20)7-22-13(21)14(2)8-15(14,16)17/h3-6H,7-8H2,1-2H3,(H,18,19)/t14-/m0/s1. The van der Waals surface area contributed by atoms with Gasteiger partial charge in [-0.1, -0.05) is 0 Å². The lowest BCUT2D eigenvalue weighted by Gasteiger charge is -2.11. The Morgan fingerprint density at radius 2 is 1.77 bits per heavy atom. The van der Waals surface area contributed by atoms with Gasteiger partial charge < -0.3 is 10.1 Å². The summed E-state index contributed by atoms with van der Waals surface area (Å²) in [6.07, 6.45) is 0.307. The maximum Gasteiger partial charge on any atom is 0.315 e. The van der Waals surface area contributed by atoms with Crippen LogP contribution in [0.2, 0.25) is 0 Å². The smallest absolute Gasteiger partial charge is 0.315 e. The maximum atomic E-state index is 12.0. The Hall–Kier alpha value is -1.59. The van der Waals surface area contributed by atoms with Crippen LogP contribution < -0.4 is 5.32 Å². The molecule has 1 fully saturated rings. The van der Waals surface area contributed by atoms with E-state index in [1.54, 1.807) is 31.2 Å². The summed E-state index contributed by atoms with van der Waals surface area (Å²) < 4.78 is 3.87. The first kappa shape index (κ1) is 16.8. The third-order valence-electron chi connectivity index (χ3n) is 3.57. The van der Waals surface area contributed by atoms with Crippen molar-refractivity contribution in [3.8, 4) is 0 Å². The Morgan fingerprint density at radius 3 is 2.23 bits per heavy atom. The van der Waals surface area contributed by atoms with Gasteiger partial charge in [-0.15, -0.1) is 23.2 Å². The number of anilines is 1. The van der Waals surface area contributed by atoms with E-state index in [9.17, 15) is 14.4 Å². The predicted molar refractivity (Wildman–Crippen MR) is 83.2 cm³/mol. The van der Waals surface area contributed by atoms with E-state index in [0.717, 1.165) is 0 Å². The Morgan fingerprint density at radius 1 is 1.23 bits per heavy atom. The van der Waals surface area contributed by atoms with Gasteiger partial charge in [-0.3, -0.25) is 14.4 Å². The molecule has 22 heavy (non-hydrogen) atoms. The Labute approximate surface area is 137 Å². The Balaban J connectivity index is 1.90. The molecule has 0 unspecified atom stereocenters. The molecule has 1 atom stereocenters. The molecule has 0 aromatic heterocycles. The fourth-order valence-corrected chi connectivity index (χ4v) is 2.63. The third-order valence-corrected chi connectivity index (χ3v) is 4.67. The summed E-state index contributed by atoms with van der Waals surface area (Å²) >= 11 is 11.8. The molecule has 1 saturated carbocycles. The lowest BCUT2D eigenvalue weighted by Crippen LogP contribution is -2.24. The molecule has 0 bridgehead atoms.